The van der Waals surface area contributed by atoms with Gasteiger partial charge in [0.15, 0.2) is 0 Å². The summed E-state index contributed by atoms with van der Waals surface area (Å²) in [7, 11) is 1.84. The normalized spacial score (nSPS) is 17.2. The van der Waals surface area contributed by atoms with Crippen LogP contribution in [0.25, 0.3) is 0 Å². The quantitative estimate of drug-likeness (QED) is 0.864. The van der Waals surface area contributed by atoms with E-state index in [-0.39, 0.29) is 11.9 Å². The minimum atomic E-state index is 0.0814. The summed E-state index contributed by atoms with van der Waals surface area (Å²) in [6.45, 7) is 4.43. The first kappa shape index (κ1) is 15.0. The molecule has 1 aliphatic heterocycles. The number of rotatable bonds is 6. The Morgan fingerprint density at radius 2 is 2.10 bits per heavy atom. The van der Waals surface area contributed by atoms with Crippen molar-refractivity contribution in [3.8, 4) is 0 Å². The second-order valence-corrected chi connectivity index (χ2v) is 5.85. The summed E-state index contributed by atoms with van der Waals surface area (Å²) in [4.78, 5) is 13.5. The number of likely N-dealkylation sites (N-methyl/N-ethyl adjacent to an activating group) is 1. The molecule has 0 fully saturated rings. The van der Waals surface area contributed by atoms with Crippen LogP contribution >= 0.6 is 0 Å². The lowest BCUT2D eigenvalue weighted by Gasteiger charge is -2.23. The van der Waals surface area contributed by atoms with Gasteiger partial charge in [0.05, 0.1) is 6.42 Å². The first-order valence-corrected chi connectivity index (χ1v) is 7.73. The van der Waals surface area contributed by atoms with Crippen molar-refractivity contribution in [3.05, 3.63) is 29.3 Å². The monoisotopic (exact) mass is 274 g/mol. The number of fused-ring (bicyclic) bond motifs is 1. The molecular weight excluding hydrogens is 248 g/mol. The Morgan fingerprint density at radius 1 is 1.35 bits per heavy atom. The van der Waals surface area contributed by atoms with Gasteiger partial charge in [0.1, 0.15) is 0 Å². The molecule has 20 heavy (non-hydrogen) atoms. The molecule has 1 aromatic carbocycles. The molecule has 1 aliphatic rings. The van der Waals surface area contributed by atoms with E-state index >= 15 is 0 Å². The smallest absolute Gasteiger partial charge is 0.231 e. The molecule has 0 bridgehead atoms. The van der Waals surface area contributed by atoms with Gasteiger partial charge in [-0.1, -0.05) is 45.2 Å². The van der Waals surface area contributed by atoms with Crippen LogP contribution in [0.1, 0.15) is 56.7 Å². The van der Waals surface area contributed by atoms with Gasteiger partial charge < -0.3 is 10.6 Å². The fourth-order valence-electron chi connectivity index (χ4n) is 3.07. The molecule has 0 saturated carbocycles. The molecule has 2 rings (SSSR count). The molecule has 2 N–H and O–H groups in total. The molecule has 1 amide bonds. The molecule has 0 spiro atoms. The zero-order valence-corrected chi connectivity index (χ0v) is 12.9. The van der Waals surface area contributed by atoms with Crippen molar-refractivity contribution in [2.24, 2.45) is 11.7 Å². The highest BCUT2D eigenvalue weighted by atomic mass is 16.2. The molecule has 0 saturated heterocycles. The first-order valence-electron chi connectivity index (χ1n) is 7.73. The van der Waals surface area contributed by atoms with E-state index < -0.39 is 0 Å². The Balaban J connectivity index is 2.17. The highest BCUT2D eigenvalue weighted by Crippen LogP contribution is 2.33. The van der Waals surface area contributed by atoms with Crippen LogP contribution in [0.5, 0.6) is 0 Å². The van der Waals surface area contributed by atoms with Gasteiger partial charge in [0.2, 0.25) is 5.91 Å². The Labute approximate surface area is 122 Å². The standard InChI is InChI=1S/C17H26N2O/c1-4-6-7-12(5-2)17(18)13-8-9-15-14(10-13)11-16(20)19(15)3/h8-10,12,17H,4-7,11,18H2,1-3H3. The lowest BCUT2D eigenvalue weighted by molar-refractivity contribution is -0.117. The fraction of sp³-hybridized carbons (Fsp3) is 0.588. The van der Waals surface area contributed by atoms with Crippen molar-refractivity contribution in [2.45, 2.75) is 52.0 Å². The van der Waals surface area contributed by atoms with Crippen LogP contribution in [0.4, 0.5) is 5.69 Å². The van der Waals surface area contributed by atoms with Crippen LogP contribution in [0.3, 0.4) is 0 Å². The molecular formula is C17H26N2O. The van der Waals surface area contributed by atoms with E-state index in [1.54, 1.807) is 4.90 Å². The number of amides is 1. The molecule has 2 unspecified atom stereocenters. The zero-order valence-electron chi connectivity index (χ0n) is 12.9. The largest absolute Gasteiger partial charge is 0.324 e. The van der Waals surface area contributed by atoms with Gasteiger partial charge in [-0.05, 0) is 29.5 Å². The maximum absolute atomic E-state index is 11.7. The Kier molecular flexibility index (Phi) is 4.81. The lowest BCUT2D eigenvalue weighted by atomic mass is 9.87. The fourth-order valence-corrected chi connectivity index (χ4v) is 3.07. The second-order valence-electron chi connectivity index (χ2n) is 5.85. The average molecular weight is 274 g/mol. The number of carbonyl (C=O) groups excluding carboxylic acids is 1. The SMILES string of the molecule is CCCCC(CC)C(N)c1ccc2c(c1)CC(=O)N2C. The summed E-state index contributed by atoms with van der Waals surface area (Å²) in [6.07, 6.45) is 5.25. The molecule has 0 aliphatic carbocycles. The minimum Gasteiger partial charge on any atom is -0.324 e. The number of carbonyl (C=O) groups is 1. The van der Waals surface area contributed by atoms with Gasteiger partial charge in [-0.25, -0.2) is 0 Å². The van der Waals surface area contributed by atoms with Gasteiger partial charge in [0.25, 0.3) is 0 Å². The predicted molar refractivity (Wildman–Crippen MR) is 83.8 cm³/mol. The topological polar surface area (TPSA) is 46.3 Å². The first-order chi connectivity index (χ1) is 9.58. The van der Waals surface area contributed by atoms with Crippen molar-refractivity contribution >= 4 is 11.6 Å². The van der Waals surface area contributed by atoms with Crippen molar-refractivity contribution in [2.75, 3.05) is 11.9 Å². The lowest BCUT2D eigenvalue weighted by Crippen LogP contribution is -2.21. The summed E-state index contributed by atoms with van der Waals surface area (Å²) in [6, 6.07) is 6.35. The summed E-state index contributed by atoms with van der Waals surface area (Å²) < 4.78 is 0. The van der Waals surface area contributed by atoms with Crippen molar-refractivity contribution in [1.82, 2.24) is 0 Å². The molecule has 1 aromatic rings. The molecule has 1 heterocycles. The average Bonchev–Trinajstić information content (AvgIpc) is 2.74. The van der Waals surface area contributed by atoms with E-state index in [9.17, 15) is 4.79 Å². The van der Waals surface area contributed by atoms with E-state index in [4.69, 9.17) is 5.73 Å². The van der Waals surface area contributed by atoms with E-state index in [0.717, 1.165) is 17.7 Å². The van der Waals surface area contributed by atoms with Gasteiger partial charge in [-0.3, -0.25) is 4.79 Å². The van der Waals surface area contributed by atoms with E-state index in [0.29, 0.717) is 12.3 Å². The number of nitrogens with two attached hydrogens (primary N) is 1. The summed E-state index contributed by atoms with van der Waals surface area (Å²) in [5, 5.41) is 0. The van der Waals surface area contributed by atoms with Crippen molar-refractivity contribution in [1.29, 1.82) is 0 Å². The van der Waals surface area contributed by atoms with Gasteiger partial charge in [0, 0.05) is 18.8 Å². The van der Waals surface area contributed by atoms with Crippen LogP contribution in [0.15, 0.2) is 18.2 Å². The number of hydrogen-bond donors (Lipinski definition) is 1. The highest BCUT2D eigenvalue weighted by Gasteiger charge is 2.25. The number of anilines is 1. The maximum Gasteiger partial charge on any atom is 0.231 e. The molecule has 3 heteroatoms. The van der Waals surface area contributed by atoms with Crippen molar-refractivity contribution < 1.29 is 4.79 Å². The number of unbranched alkanes of at least 4 members (excludes halogenated alkanes) is 1. The molecule has 2 atom stereocenters. The van der Waals surface area contributed by atoms with E-state index in [1.807, 2.05) is 13.1 Å². The van der Waals surface area contributed by atoms with Crippen LogP contribution in [0, 0.1) is 5.92 Å². The molecule has 3 nitrogen and oxygen atoms in total. The van der Waals surface area contributed by atoms with Gasteiger partial charge >= 0.3 is 0 Å². The van der Waals surface area contributed by atoms with Gasteiger partial charge in [-0.2, -0.15) is 0 Å². The van der Waals surface area contributed by atoms with E-state index in [1.165, 1.54) is 24.8 Å². The van der Waals surface area contributed by atoms with Gasteiger partial charge in [-0.15, -0.1) is 0 Å². The molecule has 110 valence electrons. The summed E-state index contributed by atoms with van der Waals surface area (Å²) in [5.74, 6) is 0.701. The summed E-state index contributed by atoms with van der Waals surface area (Å²) >= 11 is 0. The Morgan fingerprint density at radius 3 is 2.75 bits per heavy atom. The maximum atomic E-state index is 11.7. The third kappa shape index (κ3) is 2.88. The Bertz CT molecular complexity index is 484. The van der Waals surface area contributed by atoms with Crippen LogP contribution in [-0.4, -0.2) is 13.0 Å². The number of nitrogens with zero attached hydrogens (tertiary/aromatic N) is 1. The van der Waals surface area contributed by atoms with E-state index in [2.05, 4.69) is 26.0 Å². The zero-order chi connectivity index (χ0) is 14.7. The number of hydrogen-bond acceptors (Lipinski definition) is 2. The van der Waals surface area contributed by atoms with Crippen LogP contribution < -0.4 is 10.6 Å². The minimum absolute atomic E-state index is 0.0814. The predicted octanol–water partition coefficient (Wildman–Crippen LogP) is 3.42. The van der Waals surface area contributed by atoms with Crippen molar-refractivity contribution in [3.63, 3.8) is 0 Å². The second kappa shape index (κ2) is 6.40. The highest BCUT2D eigenvalue weighted by molar-refractivity contribution is 6.00. The third-order valence-electron chi connectivity index (χ3n) is 4.53. The van der Waals surface area contributed by atoms with Crippen LogP contribution in [-0.2, 0) is 11.2 Å². The molecule has 0 radical (unpaired) electrons. The Hall–Kier alpha value is -1.35. The van der Waals surface area contributed by atoms with Crippen LogP contribution in [0.2, 0.25) is 0 Å². The third-order valence-corrected chi connectivity index (χ3v) is 4.53. The molecule has 0 aromatic heterocycles. The summed E-state index contributed by atoms with van der Waals surface area (Å²) in [5.41, 5.74) is 9.79. The number of benzene rings is 1.